The maximum absolute atomic E-state index is 5.78. The zero-order valence-electron chi connectivity index (χ0n) is 11.3. The van der Waals surface area contributed by atoms with Crippen molar-refractivity contribution >= 4 is 0 Å². The van der Waals surface area contributed by atoms with Crippen LogP contribution in [0.25, 0.3) is 0 Å². The zero-order valence-corrected chi connectivity index (χ0v) is 11.3. The maximum Gasteiger partial charge on any atom is 0.148 e. The standard InChI is InChI=1S/C12H31N5/c1-2-3-4-5-6-7-8-9-10-11(13,14)12(15,16)17/h2-10,13-17H2,1H3. The van der Waals surface area contributed by atoms with Gasteiger partial charge in [0.25, 0.3) is 0 Å². The van der Waals surface area contributed by atoms with Gasteiger partial charge in [-0.25, -0.2) is 0 Å². The molecule has 0 bridgehead atoms. The molecule has 0 spiro atoms. The molecule has 0 atom stereocenters. The Bertz CT molecular complexity index is 186. The van der Waals surface area contributed by atoms with Crippen LogP contribution in [0.1, 0.15) is 64.7 Å². The van der Waals surface area contributed by atoms with Gasteiger partial charge in [0.1, 0.15) is 11.4 Å². The second kappa shape index (κ2) is 8.00. The van der Waals surface area contributed by atoms with E-state index in [0.29, 0.717) is 6.42 Å². The van der Waals surface area contributed by atoms with E-state index in [1.165, 1.54) is 38.5 Å². The monoisotopic (exact) mass is 245 g/mol. The number of hydrogen-bond donors (Lipinski definition) is 5. The second-order valence-electron chi connectivity index (χ2n) is 5.20. The van der Waals surface area contributed by atoms with Crippen molar-refractivity contribution < 1.29 is 0 Å². The number of nitrogens with two attached hydrogens (primary N) is 5. The second-order valence-corrected chi connectivity index (χ2v) is 5.20. The lowest BCUT2D eigenvalue weighted by atomic mass is 9.96. The van der Waals surface area contributed by atoms with Crippen LogP contribution in [-0.2, 0) is 0 Å². The Hall–Kier alpha value is -0.200. The van der Waals surface area contributed by atoms with Gasteiger partial charge < -0.3 is 11.5 Å². The first kappa shape index (κ1) is 16.8. The van der Waals surface area contributed by atoms with Crippen LogP contribution in [-0.4, -0.2) is 11.4 Å². The fourth-order valence-corrected chi connectivity index (χ4v) is 1.77. The minimum absolute atomic E-state index is 0.561. The summed E-state index contributed by atoms with van der Waals surface area (Å²) in [5.41, 5.74) is 26.9. The molecule has 0 heterocycles. The van der Waals surface area contributed by atoms with Gasteiger partial charge in [0, 0.05) is 0 Å². The van der Waals surface area contributed by atoms with E-state index in [9.17, 15) is 0 Å². The van der Waals surface area contributed by atoms with Crippen LogP contribution in [0.5, 0.6) is 0 Å². The summed E-state index contributed by atoms with van der Waals surface area (Å²) in [6.07, 6.45) is 10.4. The van der Waals surface area contributed by atoms with Gasteiger partial charge in [-0.15, -0.1) is 0 Å². The first-order valence-electron chi connectivity index (χ1n) is 6.75. The van der Waals surface area contributed by atoms with Gasteiger partial charge >= 0.3 is 0 Å². The largest absolute Gasteiger partial charge is 0.310 e. The van der Waals surface area contributed by atoms with Crippen LogP contribution in [0.15, 0.2) is 0 Å². The van der Waals surface area contributed by atoms with Crippen LogP contribution < -0.4 is 28.7 Å². The van der Waals surface area contributed by atoms with E-state index < -0.39 is 11.4 Å². The van der Waals surface area contributed by atoms with Gasteiger partial charge in [0.05, 0.1) is 0 Å². The van der Waals surface area contributed by atoms with Gasteiger partial charge in [-0.2, -0.15) is 0 Å². The zero-order chi connectivity index (χ0) is 13.4. The molecule has 0 aliphatic rings. The van der Waals surface area contributed by atoms with Crippen molar-refractivity contribution in [3.8, 4) is 0 Å². The molecule has 0 aliphatic carbocycles. The normalized spacial score (nSPS) is 13.1. The molecule has 0 aromatic rings. The molecule has 0 unspecified atom stereocenters. The maximum atomic E-state index is 5.78. The molecule has 0 aromatic heterocycles. The summed E-state index contributed by atoms with van der Waals surface area (Å²) in [6, 6.07) is 0. The highest BCUT2D eigenvalue weighted by Gasteiger charge is 2.35. The molecule has 17 heavy (non-hydrogen) atoms. The van der Waals surface area contributed by atoms with Crippen molar-refractivity contribution in [1.29, 1.82) is 0 Å². The highest BCUT2D eigenvalue weighted by Crippen LogP contribution is 2.14. The Labute approximate surface area is 105 Å². The van der Waals surface area contributed by atoms with E-state index in [4.69, 9.17) is 28.7 Å². The average molecular weight is 245 g/mol. The highest BCUT2D eigenvalue weighted by molar-refractivity contribution is 4.94. The molecule has 10 N–H and O–H groups in total. The summed E-state index contributed by atoms with van der Waals surface area (Å²) in [4.78, 5) is 0. The topological polar surface area (TPSA) is 130 Å². The molecule has 5 nitrogen and oxygen atoms in total. The van der Waals surface area contributed by atoms with Crippen LogP contribution in [0.4, 0.5) is 0 Å². The minimum Gasteiger partial charge on any atom is -0.310 e. The third-order valence-electron chi connectivity index (χ3n) is 3.25. The minimum atomic E-state index is -1.51. The number of unbranched alkanes of at least 4 members (excludes halogenated alkanes) is 7. The van der Waals surface area contributed by atoms with E-state index in [1.807, 2.05) is 0 Å². The van der Waals surface area contributed by atoms with E-state index >= 15 is 0 Å². The summed E-state index contributed by atoms with van der Waals surface area (Å²) in [6.45, 7) is 2.22. The first-order valence-corrected chi connectivity index (χ1v) is 6.75. The fourth-order valence-electron chi connectivity index (χ4n) is 1.77. The lowest BCUT2D eigenvalue weighted by Crippen LogP contribution is -2.80. The summed E-state index contributed by atoms with van der Waals surface area (Å²) in [7, 11) is 0. The number of rotatable bonds is 10. The summed E-state index contributed by atoms with van der Waals surface area (Å²) < 4.78 is 0. The Kier molecular flexibility index (Phi) is 7.91. The summed E-state index contributed by atoms with van der Waals surface area (Å²) in [5, 5.41) is 0. The highest BCUT2D eigenvalue weighted by atomic mass is 15.2. The van der Waals surface area contributed by atoms with Gasteiger partial charge in [-0.05, 0) is 6.42 Å². The lowest BCUT2D eigenvalue weighted by molar-refractivity contribution is 0.216. The Morgan fingerprint density at radius 2 is 1.06 bits per heavy atom. The lowest BCUT2D eigenvalue weighted by Gasteiger charge is -2.37. The predicted octanol–water partition coefficient (Wildman–Crippen LogP) is 0.661. The molecule has 0 saturated carbocycles. The molecule has 104 valence electrons. The third-order valence-corrected chi connectivity index (χ3v) is 3.25. The molecule has 0 fully saturated rings. The van der Waals surface area contributed by atoms with Crippen molar-refractivity contribution in [2.45, 2.75) is 76.2 Å². The first-order chi connectivity index (χ1) is 7.81. The molecule has 0 saturated heterocycles. The molecule has 5 heteroatoms. The van der Waals surface area contributed by atoms with E-state index in [-0.39, 0.29) is 0 Å². The predicted molar refractivity (Wildman–Crippen MR) is 73.6 cm³/mol. The quantitative estimate of drug-likeness (QED) is 0.285. The molecule has 0 aromatic carbocycles. The SMILES string of the molecule is CCCCCCCCCCC(N)(N)C(N)(N)N. The molecule has 0 amide bonds. The smallest absolute Gasteiger partial charge is 0.148 e. The van der Waals surface area contributed by atoms with Gasteiger partial charge in [-0.1, -0.05) is 58.3 Å². The van der Waals surface area contributed by atoms with Crippen molar-refractivity contribution in [3.05, 3.63) is 0 Å². The molecular formula is C12H31N5. The Balaban J connectivity index is 3.46. The summed E-state index contributed by atoms with van der Waals surface area (Å²) in [5.74, 6) is -1.51. The summed E-state index contributed by atoms with van der Waals surface area (Å²) >= 11 is 0. The van der Waals surface area contributed by atoms with E-state index in [0.717, 1.165) is 12.8 Å². The van der Waals surface area contributed by atoms with Crippen LogP contribution in [0.3, 0.4) is 0 Å². The molecule has 0 rings (SSSR count). The van der Waals surface area contributed by atoms with Crippen LogP contribution >= 0.6 is 0 Å². The van der Waals surface area contributed by atoms with Crippen molar-refractivity contribution in [1.82, 2.24) is 0 Å². The molecule has 0 radical (unpaired) electrons. The Morgan fingerprint density at radius 1 is 0.647 bits per heavy atom. The van der Waals surface area contributed by atoms with Crippen molar-refractivity contribution in [3.63, 3.8) is 0 Å². The van der Waals surface area contributed by atoms with Crippen LogP contribution in [0, 0.1) is 0 Å². The van der Waals surface area contributed by atoms with Crippen LogP contribution in [0.2, 0.25) is 0 Å². The fraction of sp³-hybridized carbons (Fsp3) is 1.00. The molecular weight excluding hydrogens is 214 g/mol. The third kappa shape index (κ3) is 7.68. The average Bonchev–Trinajstić information content (AvgIpc) is 2.20. The van der Waals surface area contributed by atoms with E-state index in [1.54, 1.807) is 0 Å². The van der Waals surface area contributed by atoms with Gasteiger partial charge in [0.2, 0.25) is 0 Å². The van der Waals surface area contributed by atoms with Crippen molar-refractivity contribution in [2.24, 2.45) is 28.7 Å². The van der Waals surface area contributed by atoms with Gasteiger partial charge in [0.15, 0.2) is 0 Å². The van der Waals surface area contributed by atoms with Crippen molar-refractivity contribution in [2.75, 3.05) is 0 Å². The molecule has 0 aliphatic heterocycles. The Morgan fingerprint density at radius 3 is 1.47 bits per heavy atom. The number of hydrogen-bond acceptors (Lipinski definition) is 5. The van der Waals surface area contributed by atoms with E-state index in [2.05, 4.69) is 6.92 Å². The van der Waals surface area contributed by atoms with Gasteiger partial charge in [-0.3, -0.25) is 17.2 Å².